The second-order valence-corrected chi connectivity index (χ2v) is 5.01. The molecule has 1 heterocycles. The maximum Gasteiger partial charge on any atom is 0.308 e. The largest absolute Gasteiger partial charge is 0.469 e. The second-order valence-electron chi connectivity index (χ2n) is 5.01. The second kappa shape index (κ2) is 8.00. The monoisotopic (exact) mass is 312 g/mol. The summed E-state index contributed by atoms with van der Waals surface area (Å²) in [7, 11) is 1.39. The van der Waals surface area contributed by atoms with E-state index in [1.54, 1.807) is 4.90 Å². The Morgan fingerprint density at radius 2 is 1.81 bits per heavy atom. The summed E-state index contributed by atoms with van der Waals surface area (Å²) in [6.07, 6.45) is 1.28. The fourth-order valence-corrected chi connectivity index (χ4v) is 2.50. The summed E-state index contributed by atoms with van der Waals surface area (Å²) >= 11 is 0. The molecule has 2 N–H and O–H groups in total. The van der Waals surface area contributed by atoms with Gasteiger partial charge in [0.15, 0.2) is 0 Å². The first kappa shape index (κ1) is 17.5. The van der Waals surface area contributed by atoms with Crippen LogP contribution in [0, 0.1) is 5.92 Å². The number of esters is 1. The van der Waals surface area contributed by atoms with Gasteiger partial charge in [-0.1, -0.05) is 30.3 Å². The Morgan fingerprint density at radius 3 is 2.33 bits per heavy atom. The van der Waals surface area contributed by atoms with Crippen molar-refractivity contribution in [1.29, 1.82) is 0 Å². The predicted molar refractivity (Wildman–Crippen MR) is 81.9 cm³/mol. The van der Waals surface area contributed by atoms with Gasteiger partial charge in [-0.3, -0.25) is 9.59 Å². The van der Waals surface area contributed by atoms with Crippen LogP contribution in [0.15, 0.2) is 30.3 Å². The zero-order valence-corrected chi connectivity index (χ0v) is 12.8. The molecular formula is C15H21ClN2O3. The van der Waals surface area contributed by atoms with Crippen LogP contribution in [0.1, 0.15) is 24.4 Å². The maximum atomic E-state index is 12.3. The molecule has 0 bridgehead atoms. The van der Waals surface area contributed by atoms with Gasteiger partial charge in [-0.25, -0.2) is 0 Å². The lowest BCUT2D eigenvalue weighted by atomic mass is 9.96. The molecule has 2 rings (SSSR count). The van der Waals surface area contributed by atoms with E-state index in [4.69, 9.17) is 10.5 Å². The maximum absolute atomic E-state index is 12.3. The summed E-state index contributed by atoms with van der Waals surface area (Å²) in [6.45, 7) is 1.11. The van der Waals surface area contributed by atoms with Crippen molar-refractivity contribution in [3.8, 4) is 0 Å². The number of carbonyl (C=O) groups excluding carboxylic acids is 2. The van der Waals surface area contributed by atoms with E-state index >= 15 is 0 Å². The van der Waals surface area contributed by atoms with Crippen molar-refractivity contribution in [1.82, 2.24) is 4.90 Å². The number of rotatable bonds is 3. The van der Waals surface area contributed by atoms with Crippen LogP contribution in [0.2, 0.25) is 0 Å². The molecule has 1 unspecified atom stereocenters. The molecule has 1 aliphatic heterocycles. The van der Waals surface area contributed by atoms with Crippen LogP contribution < -0.4 is 5.73 Å². The highest BCUT2D eigenvalue weighted by Crippen LogP contribution is 2.21. The molecule has 1 aromatic carbocycles. The average molecular weight is 313 g/mol. The van der Waals surface area contributed by atoms with Crippen molar-refractivity contribution in [2.24, 2.45) is 11.7 Å². The third-order valence-corrected chi connectivity index (χ3v) is 3.77. The zero-order valence-electron chi connectivity index (χ0n) is 12.0. The van der Waals surface area contributed by atoms with Crippen molar-refractivity contribution in [3.05, 3.63) is 35.9 Å². The molecule has 1 aliphatic rings. The van der Waals surface area contributed by atoms with Crippen LogP contribution in [0.4, 0.5) is 0 Å². The molecule has 1 amide bonds. The van der Waals surface area contributed by atoms with Gasteiger partial charge in [-0.05, 0) is 18.4 Å². The molecule has 0 saturated carbocycles. The molecule has 0 spiro atoms. The van der Waals surface area contributed by atoms with Gasteiger partial charge >= 0.3 is 5.97 Å². The fraction of sp³-hybridized carbons (Fsp3) is 0.467. The highest BCUT2D eigenvalue weighted by molar-refractivity contribution is 5.85. The van der Waals surface area contributed by atoms with Gasteiger partial charge in [-0.2, -0.15) is 0 Å². The first-order chi connectivity index (χ1) is 9.63. The first-order valence-corrected chi connectivity index (χ1v) is 6.80. The van der Waals surface area contributed by atoms with Crippen molar-refractivity contribution >= 4 is 24.3 Å². The number of benzene rings is 1. The van der Waals surface area contributed by atoms with Gasteiger partial charge in [0, 0.05) is 13.1 Å². The number of nitrogens with two attached hydrogens (primary N) is 1. The highest BCUT2D eigenvalue weighted by Gasteiger charge is 2.30. The SMILES string of the molecule is COC(=O)C1CCN(C(=O)C(N)c2ccccc2)CC1.Cl. The Hall–Kier alpha value is -1.59. The van der Waals surface area contributed by atoms with E-state index in [0.29, 0.717) is 25.9 Å². The number of carbonyl (C=O) groups is 2. The number of methoxy groups -OCH3 is 1. The Morgan fingerprint density at radius 1 is 1.24 bits per heavy atom. The van der Waals surface area contributed by atoms with E-state index in [-0.39, 0.29) is 30.2 Å². The number of ether oxygens (including phenoxy) is 1. The van der Waals surface area contributed by atoms with E-state index in [1.165, 1.54) is 7.11 Å². The van der Waals surface area contributed by atoms with Gasteiger partial charge in [0.25, 0.3) is 0 Å². The minimum atomic E-state index is -0.633. The summed E-state index contributed by atoms with van der Waals surface area (Å²) in [5.41, 5.74) is 6.82. The van der Waals surface area contributed by atoms with Gasteiger partial charge in [-0.15, -0.1) is 12.4 Å². The number of nitrogens with zero attached hydrogens (tertiary/aromatic N) is 1. The van der Waals surface area contributed by atoms with E-state index in [0.717, 1.165) is 5.56 Å². The van der Waals surface area contributed by atoms with Crippen molar-refractivity contribution in [2.75, 3.05) is 20.2 Å². The van der Waals surface area contributed by atoms with Gasteiger partial charge < -0.3 is 15.4 Å². The summed E-state index contributed by atoms with van der Waals surface area (Å²) in [6, 6.07) is 8.69. The Balaban J connectivity index is 0.00000220. The summed E-state index contributed by atoms with van der Waals surface area (Å²) in [5, 5.41) is 0. The lowest BCUT2D eigenvalue weighted by molar-refractivity contribution is -0.149. The summed E-state index contributed by atoms with van der Waals surface area (Å²) in [5.74, 6) is -0.374. The predicted octanol–water partition coefficient (Wildman–Crippen LogP) is 1.52. The van der Waals surface area contributed by atoms with E-state index in [1.807, 2.05) is 30.3 Å². The minimum Gasteiger partial charge on any atom is -0.469 e. The number of amides is 1. The molecule has 21 heavy (non-hydrogen) atoms. The molecule has 0 aliphatic carbocycles. The molecule has 1 fully saturated rings. The number of halogens is 1. The topological polar surface area (TPSA) is 72.6 Å². The summed E-state index contributed by atoms with van der Waals surface area (Å²) < 4.78 is 4.74. The lowest BCUT2D eigenvalue weighted by Gasteiger charge is -2.32. The van der Waals surface area contributed by atoms with Gasteiger partial charge in [0.2, 0.25) is 5.91 Å². The standard InChI is InChI=1S/C15H20N2O3.ClH/c1-20-15(19)12-7-9-17(10-8-12)14(18)13(16)11-5-3-2-4-6-11;/h2-6,12-13H,7-10,16H2,1H3;1H. The van der Waals surface area contributed by atoms with Crippen molar-refractivity contribution in [3.63, 3.8) is 0 Å². The fourth-order valence-electron chi connectivity index (χ4n) is 2.50. The third kappa shape index (κ3) is 4.19. The zero-order chi connectivity index (χ0) is 14.5. The Kier molecular flexibility index (Phi) is 6.65. The molecule has 1 aromatic rings. The summed E-state index contributed by atoms with van der Waals surface area (Å²) in [4.78, 5) is 25.5. The van der Waals surface area contributed by atoms with E-state index < -0.39 is 6.04 Å². The lowest BCUT2D eigenvalue weighted by Crippen LogP contribution is -2.44. The van der Waals surface area contributed by atoms with E-state index in [9.17, 15) is 9.59 Å². The molecule has 6 heteroatoms. The normalized spacial score (nSPS) is 16.8. The quantitative estimate of drug-likeness (QED) is 0.859. The van der Waals surface area contributed by atoms with E-state index in [2.05, 4.69) is 0 Å². The number of piperidine rings is 1. The number of hydrogen-bond donors (Lipinski definition) is 1. The smallest absolute Gasteiger partial charge is 0.308 e. The molecule has 5 nitrogen and oxygen atoms in total. The third-order valence-electron chi connectivity index (χ3n) is 3.77. The highest BCUT2D eigenvalue weighted by atomic mass is 35.5. The van der Waals surface area contributed by atoms with Crippen molar-refractivity contribution in [2.45, 2.75) is 18.9 Å². The molecule has 116 valence electrons. The molecule has 0 aromatic heterocycles. The van der Waals surface area contributed by atoms with Crippen LogP contribution in [0.5, 0.6) is 0 Å². The van der Waals surface area contributed by atoms with Crippen LogP contribution >= 0.6 is 12.4 Å². The average Bonchev–Trinajstić information content (AvgIpc) is 2.53. The van der Waals surface area contributed by atoms with Gasteiger partial charge in [0.05, 0.1) is 13.0 Å². The van der Waals surface area contributed by atoms with Crippen LogP contribution in [0.25, 0.3) is 0 Å². The van der Waals surface area contributed by atoms with Crippen LogP contribution in [-0.2, 0) is 14.3 Å². The molecular weight excluding hydrogens is 292 g/mol. The molecule has 1 saturated heterocycles. The van der Waals surface area contributed by atoms with Crippen LogP contribution in [-0.4, -0.2) is 37.0 Å². The Labute approximate surface area is 130 Å². The van der Waals surface area contributed by atoms with Crippen LogP contribution in [0.3, 0.4) is 0 Å². The molecule has 0 radical (unpaired) electrons. The molecule has 1 atom stereocenters. The first-order valence-electron chi connectivity index (χ1n) is 6.80. The Bertz CT molecular complexity index is 473. The van der Waals surface area contributed by atoms with Crippen molar-refractivity contribution < 1.29 is 14.3 Å². The minimum absolute atomic E-state index is 0. The van der Waals surface area contributed by atoms with Gasteiger partial charge in [0.1, 0.15) is 6.04 Å². The number of hydrogen-bond acceptors (Lipinski definition) is 4. The number of likely N-dealkylation sites (tertiary alicyclic amines) is 1.